The van der Waals surface area contributed by atoms with E-state index in [1.54, 1.807) is 12.3 Å². The fraction of sp³-hybridized carbons (Fsp3) is 0.167. The lowest BCUT2D eigenvalue weighted by Crippen LogP contribution is -2.05. The summed E-state index contributed by atoms with van der Waals surface area (Å²) in [5, 5.41) is 3.65. The zero-order chi connectivity index (χ0) is 16.6. The van der Waals surface area contributed by atoms with Crippen molar-refractivity contribution in [1.82, 2.24) is 4.98 Å². The highest BCUT2D eigenvalue weighted by atomic mass is 19.4. The highest BCUT2D eigenvalue weighted by Crippen LogP contribution is 2.34. The Bertz CT molecular complexity index is 850. The number of rotatable bonds is 2. The van der Waals surface area contributed by atoms with Gasteiger partial charge in [0.2, 0.25) is 0 Å². The Balaban J connectivity index is 2.09. The number of halogens is 3. The van der Waals surface area contributed by atoms with Gasteiger partial charge in [-0.15, -0.1) is 0 Å². The maximum absolute atomic E-state index is 12.9. The molecule has 1 heterocycles. The molecule has 1 N–H and O–H groups in total. The fourth-order valence-corrected chi connectivity index (χ4v) is 2.63. The van der Waals surface area contributed by atoms with Crippen LogP contribution in [-0.4, -0.2) is 4.98 Å². The number of aryl methyl sites for hydroxylation is 2. The van der Waals surface area contributed by atoms with Crippen LogP contribution in [0, 0.1) is 13.8 Å². The van der Waals surface area contributed by atoms with Gasteiger partial charge in [-0.25, -0.2) is 0 Å². The number of alkyl halides is 3. The van der Waals surface area contributed by atoms with Crippen molar-refractivity contribution < 1.29 is 13.2 Å². The minimum Gasteiger partial charge on any atom is -0.355 e. The number of hydrogen-bond acceptors (Lipinski definition) is 2. The van der Waals surface area contributed by atoms with Crippen LogP contribution in [0.25, 0.3) is 10.9 Å². The number of fused-ring (bicyclic) bond motifs is 1. The van der Waals surface area contributed by atoms with E-state index in [0.29, 0.717) is 16.6 Å². The van der Waals surface area contributed by atoms with Crippen LogP contribution in [-0.2, 0) is 6.18 Å². The van der Waals surface area contributed by atoms with Gasteiger partial charge < -0.3 is 5.32 Å². The van der Waals surface area contributed by atoms with E-state index in [1.807, 2.05) is 32.0 Å². The third-order valence-electron chi connectivity index (χ3n) is 3.57. The largest absolute Gasteiger partial charge is 0.416 e. The lowest BCUT2D eigenvalue weighted by atomic mass is 10.1. The standard InChI is InChI=1S/C18H15F3N2/c1-11-7-12(2)9-14(8-11)23-17-5-6-22-16-4-3-13(10-15(16)17)18(19,20)21/h3-10H,1-2H3,(H,22,23). The smallest absolute Gasteiger partial charge is 0.355 e. The average molecular weight is 316 g/mol. The Morgan fingerprint density at radius 2 is 1.61 bits per heavy atom. The first kappa shape index (κ1) is 15.3. The zero-order valence-corrected chi connectivity index (χ0v) is 12.7. The minimum atomic E-state index is -4.37. The molecule has 3 aromatic rings. The summed E-state index contributed by atoms with van der Waals surface area (Å²) in [7, 11) is 0. The first-order valence-electron chi connectivity index (χ1n) is 7.14. The quantitative estimate of drug-likeness (QED) is 0.664. The summed E-state index contributed by atoms with van der Waals surface area (Å²) in [6.07, 6.45) is -2.79. The Morgan fingerprint density at radius 1 is 0.913 bits per heavy atom. The van der Waals surface area contributed by atoms with Gasteiger partial charge in [0, 0.05) is 23.0 Å². The second kappa shape index (κ2) is 5.57. The molecule has 0 unspecified atom stereocenters. The molecular weight excluding hydrogens is 301 g/mol. The molecule has 0 radical (unpaired) electrons. The summed E-state index contributed by atoms with van der Waals surface area (Å²) < 4.78 is 38.8. The van der Waals surface area contributed by atoms with Crippen molar-refractivity contribution in [3.8, 4) is 0 Å². The Kier molecular flexibility index (Phi) is 3.72. The Labute approximate surface area is 132 Å². The molecule has 0 aliphatic rings. The van der Waals surface area contributed by atoms with Crippen LogP contribution in [0.4, 0.5) is 24.5 Å². The van der Waals surface area contributed by atoms with Gasteiger partial charge in [0.25, 0.3) is 0 Å². The van der Waals surface area contributed by atoms with Gasteiger partial charge in [0.15, 0.2) is 0 Å². The van der Waals surface area contributed by atoms with Crippen molar-refractivity contribution >= 4 is 22.3 Å². The number of benzene rings is 2. The molecule has 0 spiro atoms. The molecule has 0 aliphatic heterocycles. The van der Waals surface area contributed by atoms with Crippen molar-refractivity contribution in [2.45, 2.75) is 20.0 Å². The van der Waals surface area contributed by atoms with Crippen molar-refractivity contribution in [3.63, 3.8) is 0 Å². The van der Waals surface area contributed by atoms with E-state index in [-0.39, 0.29) is 0 Å². The third kappa shape index (κ3) is 3.28. The molecule has 23 heavy (non-hydrogen) atoms. The van der Waals surface area contributed by atoms with Gasteiger partial charge in [-0.3, -0.25) is 4.98 Å². The van der Waals surface area contributed by atoms with Gasteiger partial charge >= 0.3 is 6.18 Å². The summed E-state index contributed by atoms with van der Waals surface area (Å²) in [6, 6.07) is 11.2. The summed E-state index contributed by atoms with van der Waals surface area (Å²) >= 11 is 0. The molecule has 0 saturated heterocycles. The van der Waals surface area contributed by atoms with E-state index in [4.69, 9.17) is 0 Å². The van der Waals surface area contributed by atoms with Crippen LogP contribution in [0.2, 0.25) is 0 Å². The van der Waals surface area contributed by atoms with Gasteiger partial charge in [0.1, 0.15) is 0 Å². The molecule has 0 atom stereocenters. The van der Waals surface area contributed by atoms with Crippen molar-refractivity contribution in [3.05, 3.63) is 65.4 Å². The van der Waals surface area contributed by atoms with Crippen LogP contribution < -0.4 is 5.32 Å². The number of pyridine rings is 1. The topological polar surface area (TPSA) is 24.9 Å². The van der Waals surface area contributed by atoms with E-state index < -0.39 is 11.7 Å². The first-order chi connectivity index (χ1) is 10.8. The number of nitrogens with one attached hydrogen (secondary N) is 1. The lowest BCUT2D eigenvalue weighted by molar-refractivity contribution is -0.137. The monoisotopic (exact) mass is 316 g/mol. The average Bonchev–Trinajstić information content (AvgIpc) is 2.45. The number of aromatic nitrogens is 1. The third-order valence-corrected chi connectivity index (χ3v) is 3.57. The number of hydrogen-bond donors (Lipinski definition) is 1. The molecule has 0 fully saturated rings. The Hall–Kier alpha value is -2.56. The molecular formula is C18H15F3N2. The van der Waals surface area contributed by atoms with E-state index in [0.717, 1.165) is 28.9 Å². The minimum absolute atomic E-state index is 0.446. The highest BCUT2D eigenvalue weighted by Gasteiger charge is 2.30. The SMILES string of the molecule is Cc1cc(C)cc(Nc2ccnc3ccc(C(F)(F)F)cc23)c1. The predicted octanol–water partition coefficient (Wildman–Crippen LogP) is 5.61. The van der Waals surface area contributed by atoms with E-state index in [1.165, 1.54) is 6.07 Å². The Morgan fingerprint density at radius 3 is 2.26 bits per heavy atom. The van der Waals surface area contributed by atoms with Gasteiger partial charge in [-0.2, -0.15) is 13.2 Å². The second-order valence-corrected chi connectivity index (χ2v) is 5.59. The van der Waals surface area contributed by atoms with Gasteiger partial charge in [-0.1, -0.05) is 6.07 Å². The number of nitrogens with zero attached hydrogens (tertiary/aromatic N) is 1. The van der Waals surface area contributed by atoms with Crippen LogP contribution >= 0.6 is 0 Å². The van der Waals surface area contributed by atoms with Crippen molar-refractivity contribution in [1.29, 1.82) is 0 Å². The van der Waals surface area contributed by atoms with E-state index >= 15 is 0 Å². The van der Waals surface area contributed by atoms with E-state index in [9.17, 15) is 13.2 Å². The summed E-state index contributed by atoms with van der Waals surface area (Å²) in [6.45, 7) is 3.95. The molecule has 3 rings (SSSR count). The highest BCUT2D eigenvalue weighted by molar-refractivity contribution is 5.93. The van der Waals surface area contributed by atoms with Gasteiger partial charge in [0.05, 0.1) is 11.1 Å². The van der Waals surface area contributed by atoms with Gasteiger partial charge in [-0.05, 0) is 61.4 Å². The van der Waals surface area contributed by atoms with Crippen LogP contribution in [0.15, 0.2) is 48.7 Å². The summed E-state index contributed by atoms with van der Waals surface area (Å²) in [5.74, 6) is 0. The van der Waals surface area contributed by atoms with Crippen LogP contribution in [0.1, 0.15) is 16.7 Å². The molecule has 0 amide bonds. The van der Waals surface area contributed by atoms with Crippen LogP contribution in [0.5, 0.6) is 0 Å². The molecule has 1 aromatic heterocycles. The molecule has 0 saturated carbocycles. The molecule has 0 aliphatic carbocycles. The molecule has 5 heteroatoms. The van der Waals surface area contributed by atoms with Crippen molar-refractivity contribution in [2.24, 2.45) is 0 Å². The molecule has 2 aromatic carbocycles. The normalized spacial score (nSPS) is 11.7. The van der Waals surface area contributed by atoms with Crippen molar-refractivity contribution in [2.75, 3.05) is 5.32 Å². The lowest BCUT2D eigenvalue weighted by Gasteiger charge is -2.13. The maximum Gasteiger partial charge on any atom is 0.416 e. The van der Waals surface area contributed by atoms with Crippen LogP contribution in [0.3, 0.4) is 0 Å². The zero-order valence-electron chi connectivity index (χ0n) is 12.7. The van der Waals surface area contributed by atoms with E-state index in [2.05, 4.69) is 10.3 Å². The molecule has 0 bridgehead atoms. The summed E-state index contributed by atoms with van der Waals surface area (Å²) in [5.41, 5.74) is 3.45. The number of anilines is 2. The molecule has 2 nitrogen and oxygen atoms in total. The summed E-state index contributed by atoms with van der Waals surface area (Å²) in [4.78, 5) is 4.13. The molecule has 118 valence electrons. The predicted molar refractivity (Wildman–Crippen MR) is 85.9 cm³/mol. The second-order valence-electron chi connectivity index (χ2n) is 5.59. The fourth-order valence-electron chi connectivity index (χ4n) is 2.63. The first-order valence-corrected chi connectivity index (χ1v) is 7.14. The maximum atomic E-state index is 12.9.